The van der Waals surface area contributed by atoms with Crippen LogP contribution >= 0.6 is 0 Å². The highest BCUT2D eigenvalue weighted by molar-refractivity contribution is 5.91. The Morgan fingerprint density at radius 3 is 2.79 bits per heavy atom. The molecule has 2 aliphatic heterocycles. The first kappa shape index (κ1) is 12.7. The van der Waals surface area contributed by atoms with Crippen molar-refractivity contribution in [1.29, 1.82) is 0 Å². The Hall–Kier alpha value is -1.33. The average Bonchev–Trinajstić information content (AvgIpc) is 3.12. The van der Waals surface area contributed by atoms with E-state index >= 15 is 0 Å². The average molecular weight is 264 g/mol. The zero-order valence-electron chi connectivity index (χ0n) is 11.1. The summed E-state index contributed by atoms with van der Waals surface area (Å²) in [6, 6.07) is 3.47. The molecule has 104 valence electrons. The van der Waals surface area contributed by atoms with Gasteiger partial charge in [-0.05, 0) is 25.0 Å². The summed E-state index contributed by atoms with van der Waals surface area (Å²) in [5, 5.41) is 0. The van der Waals surface area contributed by atoms with Crippen molar-refractivity contribution < 1.29 is 13.9 Å². The van der Waals surface area contributed by atoms with Crippen molar-refractivity contribution in [3.8, 4) is 0 Å². The molecule has 0 saturated carbocycles. The summed E-state index contributed by atoms with van der Waals surface area (Å²) < 4.78 is 10.8. The van der Waals surface area contributed by atoms with Crippen LogP contribution < -0.4 is 0 Å². The van der Waals surface area contributed by atoms with E-state index in [0.717, 1.165) is 39.3 Å². The fourth-order valence-electron chi connectivity index (χ4n) is 2.77. The molecule has 0 bridgehead atoms. The van der Waals surface area contributed by atoms with Crippen molar-refractivity contribution in [2.24, 2.45) is 0 Å². The Balaban J connectivity index is 1.47. The molecule has 3 rings (SSSR count). The molecule has 3 heterocycles. The molecule has 2 saturated heterocycles. The highest BCUT2D eigenvalue weighted by atomic mass is 16.5. The topological polar surface area (TPSA) is 45.9 Å². The minimum Gasteiger partial charge on any atom is -0.459 e. The molecule has 0 N–H and O–H groups in total. The van der Waals surface area contributed by atoms with Crippen LogP contribution in [-0.4, -0.2) is 61.1 Å². The lowest BCUT2D eigenvalue weighted by atomic mass is 10.2. The first-order valence-corrected chi connectivity index (χ1v) is 6.99. The fraction of sp³-hybridized carbons (Fsp3) is 0.643. The van der Waals surface area contributed by atoms with Gasteiger partial charge in [-0.1, -0.05) is 0 Å². The lowest BCUT2D eigenvalue weighted by molar-refractivity contribution is 0.0417. The molecule has 2 aliphatic rings. The van der Waals surface area contributed by atoms with E-state index in [9.17, 15) is 4.79 Å². The van der Waals surface area contributed by atoms with Gasteiger partial charge in [-0.25, -0.2) is 0 Å². The van der Waals surface area contributed by atoms with Crippen molar-refractivity contribution in [1.82, 2.24) is 9.80 Å². The van der Waals surface area contributed by atoms with Crippen molar-refractivity contribution in [2.75, 3.05) is 39.3 Å². The third-order valence-corrected chi connectivity index (χ3v) is 3.88. The van der Waals surface area contributed by atoms with Crippen LogP contribution in [-0.2, 0) is 4.74 Å². The van der Waals surface area contributed by atoms with E-state index in [0.29, 0.717) is 11.9 Å². The van der Waals surface area contributed by atoms with Crippen molar-refractivity contribution in [3.63, 3.8) is 0 Å². The smallest absolute Gasteiger partial charge is 0.289 e. The quantitative estimate of drug-likeness (QED) is 0.823. The first-order chi connectivity index (χ1) is 9.33. The molecule has 19 heavy (non-hydrogen) atoms. The summed E-state index contributed by atoms with van der Waals surface area (Å²) in [5.41, 5.74) is 0. The van der Waals surface area contributed by atoms with Crippen LogP contribution in [0, 0.1) is 0 Å². The third kappa shape index (κ3) is 2.98. The molecular weight excluding hydrogens is 244 g/mol. The molecule has 1 aromatic heterocycles. The number of carbonyl (C=O) groups excluding carboxylic acids is 1. The number of carbonyl (C=O) groups is 1. The maximum atomic E-state index is 12.1. The zero-order chi connectivity index (χ0) is 13.1. The number of ether oxygens (including phenoxy) is 1. The van der Waals surface area contributed by atoms with Crippen LogP contribution in [0.15, 0.2) is 22.8 Å². The Morgan fingerprint density at radius 1 is 1.32 bits per heavy atom. The molecule has 2 fully saturated rings. The van der Waals surface area contributed by atoms with E-state index in [1.807, 2.05) is 4.90 Å². The summed E-state index contributed by atoms with van der Waals surface area (Å²) in [5.74, 6) is 0.439. The van der Waals surface area contributed by atoms with Crippen molar-refractivity contribution in [2.45, 2.75) is 18.9 Å². The molecule has 1 atom stereocenters. The van der Waals surface area contributed by atoms with Gasteiger partial charge in [0, 0.05) is 39.3 Å². The second-order valence-corrected chi connectivity index (χ2v) is 5.21. The fourth-order valence-corrected chi connectivity index (χ4v) is 2.77. The number of amides is 1. The van der Waals surface area contributed by atoms with Crippen LogP contribution in [0.25, 0.3) is 0 Å². The molecule has 0 spiro atoms. The van der Waals surface area contributed by atoms with E-state index in [2.05, 4.69) is 4.90 Å². The van der Waals surface area contributed by atoms with Gasteiger partial charge in [-0.2, -0.15) is 0 Å². The van der Waals surface area contributed by atoms with Gasteiger partial charge in [-0.15, -0.1) is 0 Å². The SMILES string of the molecule is O=C(c1ccco1)N1CCN(CC2CCCO2)CC1. The van der Waals surface area contributed by atoms with Gasteiger partial charge >= 0.3 is 0 Å². The zero-order valence-corrected chi connectivity index (χ0v) is 11.1. The minimum atomic E-state index is 0.00164. The number of hydrogen-bond donors (Lipinski definition) is 0. The van der Waals surface area contributed by atoms with Gasteiger partial charge in [-0.3, -0.25) is 9.69 Å². The monoisotopic (exact) mass is 264 g/mol. The molecule has 5 heteroatoms. The largest absolute Gasteiger partial charge is 0.459 e. The Kier molecular flexibility index (Phi) is 3.84. The third-order valence-electron chi connectivity index (χ3n) is 3.88. The maximum Gasteiger partial charge on any atom is 0.289 e. The molecule has 1 amide bonds. The number of piperazine rings is 1. The van der Waals surface area contributed by atoms with Gasteiger partial charge in [0.2, 0.25) is 0 Å². The lowest BCUT2D eigenvalue weighted by Gasteiger charge is -2.35. The Labute approximate surface area is 113 Å². The molecule has 0 radical (unpaired) electrons. The maximum absolute atomic E-state index is 12.1. The highest BCUT2D eigenvalue weighted by Crippen LogP contribution is 2.15. The number of rotatable bonds is 3. The standard InChI is InChI=1S/C14H20N2O3/c17-14(13-4-2-10-19-13)16-7-5-15(6-8-16)11-12-3-1-9-18-12/h2,4,10,12H,1,3,5-9,11H2. The van der Waals surface area contributed by atoms with Gasteiger partial charge in [0.25, 0.3) is 5.91 Å². The molecule has 0 aliphatic carbocycles. The predicted octanol–water partition coefficient (Wildman–Crippen LogP) is 1.22. The van der Waals surface area contributed by atoms with Crippen LogP contribution in [0.1, 0.15) is 23.4 Å². The lowest BCUT2D eigenvalue weighted by Crippen LogP contribution is -2.50. The number of furan rings is 1. The van der Waals surface area contributed by atoms with Gasteiger partial charge in [0.1, 0.15) is 0 Å². The van der Waals surface area contributed by atoms with Gasteiger partial charge in [0.05, 0.1) is 12.4 Å². The minimum absolute atomic E-state index is 0.00164. The summed E-state index contributed by atoms with van der Waals surface area (Å²) in [4.78, 5) is 16.4. The predicted molar refractivity (Wildman–Crippen MR) is 70.0 cm³/mol. The molecule has 1 aromatic rings. The van der Waals surface area contributed by atoms with Gasteiger partial charge in [0.15, 0.2) is 5.76 Å². The normalized spacial score (nSPS) is 24.8. The number of hydrogen-bond acceptors (Lipinski definition) is 4. The summed E-state index contributed by atoms with van der Waals surface area (Å²) >= 11 is 0. The number of nitrogens with zero attached hydrogens (tertiary/aromatic N) is 2. The first-order valence-electron chi connectivity index (χ1n) is 6.99. The second-order valence-electron chi connectivity index (χ2n) is 5.21. The van der Waals surface area contributed by atoms with Crippen LogP contribution in [0.5, 0.6) is 0 Å². The molecular formula is C14H20N2O3. The van der Waals surface area contributed by atoms with Gasteiger partial charge < -0.3 is 14.1 Å². The summed E-state index contributed by atoms with van der Waals surface area (Å²) in [6.45, 7) is 5.29. The Bertz CT molecular complexity index is 404. The van der Waals surface area contributed by atoms with Crippen molar-refractivity contribution in [3.05, 3.63) is 24.2 Å². The van der Waals surface area contributed by atoms with E-state index in [1.54, 1.807) is 18.4 Å². The Morgan fingerprint density at radius 2 is 2.16 bits per heavy atom. The second kappa shape index (κ2) is 5.75. The van der Waals surface area contributed by atoms with E-state index in [1.165, 1.54) is 12.8 Å². The van der Waals surface area contributed by atoms with Crippen LogP contribution in [0.4, 0.5) is 0 Å². The summed E-state index contributed by atoms with van der Waals surface area (Å²) in [7, 11) is 0. The van der Waals surface area contributed by atoms with Crippen molar-refractivity contribution >= 4 is 5.91 Å². The van der Waals surface area contributed by atoms with E-state index in [4.69, 9.17) is 9.15 Å². The van der Waals surface area contributed by atoms with Crippen LogP contribution in [0.2, 0.25) is 0 Å². The molecule has 1 unspecified atom stereocenters. The van der Waals surface area contributed by atoms with E-state index in [-0.39, 0.29) is 5.91 Å². The van der Waals surface area contributed by atoms with Crippen LogP contribution in [0.3, 0.4) is 0 Å². The molecule has 5 nitrogen and oxygen atoms in total. The summed E-state index contributed by atoms with van der Waals surface area (Å²) in [6.07, 6.45) is 4.29. The highest BCUT2D eigenvalue weighted by Gasteiger charge is 2.26. The molecule has 0 aromatic carbocycles. The van der Waals surface area contributed by atoms with E-state index < -0.39 is 0 Å².